The third-order valence-corrected chi connectivity index (χ3v) is 3.09. The first-order valence-corrected chi connectivity index (χ1v) is 5.47. The minimum absolute atomic E-state index is 0.0387. The molecule has 0 bridgehead atoms. The zero-order valence-electron chi connectivity index (χ0n) is 9.13. The summed E-state index contributed by atoms with van der Waals surface area (Å²) in [6, 6.07) is 3.69. The zero-order chi connectivity index (χ0) is 11.1. The van der Waals surface area contributed by atoms with Gasteiger partial charge in [-0.05, 0) is 24.5 Å². The molecule has 2 aromatic rings. The second kappa shape index (κ2) is 3.45. The van der Waals surface area contributed by atoms with E-state index in [1.165, 1.54) is 0 Å². The summed E-state index contributed by atoms with van der Waals surface area (Å²) in [5.74, 6) is 1.33. The average molecular weight is 218 g/mol. The van der Waals surface area contributed by atoms with Crippen LogP contribution in [0.3, 0.4) is 0 Å². The minimum atomic E-state index is 0.0387. The third-order valence-electron chi connectivity index (χ3n) is 3.09. The summed E-state index contributed by atoms with van der Waals surface area (Å²) >= 11 is 0. The molecule has 2 N–H and O–H groups in total. The maximum atomic E-state index is 5.77. The molecular formula is C11H14N4O. The second-order valence-corrected chi connectivity index (χ2v) is 4.31. The summed E-state index contributed by atoms with van der Waals surface area (Å²) in [4.78, 5) is 0. The van der Waals surface area contributed by atoms with E-state index >= 15 is 0 Å². The van der Waals surface area contributed by atoms with Crippen LogP contribution in [-0.4, -0.2) is 21.2 Å². The highest BCUT2D eigenvalue weighted by Crippen LogP contribution is 2.33. The molecule has 2 unspecified atom stereocenters. The Balaban J connectivity index is 2.12. The van der Waals surface area contributed by atoms with Gasteiger partial charge in [0.1, 0.15) is 6.10 Å². The van der Waals surface area contributed by atoms with Crippen LogP contribution in [0, 0.1) is 5.92 Å². The SMILES string of the molecule is CC1CCOC1c1nnc2ccc(N)cn12. The molecule has 3 rings (SSSR count). The van der Waals surface area contributed by atoms with E-state index in [2.05, 4.69) is 17.1 Å². The molecule has 1 fully saturated rings. The van der Waals surface area contributed by atoms with E-state index in [0.29, 0.717) is 11.6 Å². The van der Waals surface area contributed by atoms with Crippen molar-refractivity contribution >= 4 is 11.3 Å². The van der Waals surface area contributed by atoms with E-state index in [1.807, 2.05) is 22.7 Å². The standard InChI is InChI=1S/C11H14N4O/c1-7-4-5-16-10(7)11-14-13-9-3-2-8(12)6-15(9)11/h2-3,6-7,10H,4-5,12H2,1H3. The van der Waals surface area contributed by atoms with Gasteiger partial charge in [-0.2, -0.15) is 0 Å². The lowest BCUT2D eigenvalue weighted by atomic mass is 10.0. The highest BCUT2D eigenvalue weighted by Gasteiger charge is 2.29. The maximum absolute atomic E-state index is 5.77. The Morgan fingerprint density at radius 3 is 3.06 bits per heavy atom. The summed E-state index contributed by atoms with van der Waals surface area (Å²) in [6.07, 6.45) is 2.96. The van der Waals surface area contributed by atoms with Gasteiger partial charge in [0.2, 0.25) is 0 Å². The van der Waals surface area contributed by atoms with Gasteiger partial charge in [0.15, 0.2) is 11.5 Å². The van der Waals surface area contributed by atoms with Gasteiger partial charge in [-0.25, -0.2) is 0 Å². The van der Waals surface area contributed by atoms with Crippen LogP contribution in [0.1, 0.15) is 25.3 Å². The second-order valence-electron chi connectivity index (χ2n) is 4.31. The van der Waals surface area contributed by atoms with Crippen molar-refractivity contribution in [2.75, 3.05) is 12.3 Å². The minimum Gasteiger partial charge on any atom is -0.398 e. The van der Waals surface area contributed by atoms with Gasteiger partial charge < -0.3 is 10.5 Å². The van der Waals surface area contributed by atoms with Crippen molar-refractivity contribution in [1.82, 2.24) is 14.6 Å². The summed E-state index contributed by atoms with van der Waals surface area (Å²) in [7, 11) is 0. The number of nitrogens with zero attached hydrogens (tertiary/aromatic N) is 3. The molecule has 0 aliphatic carbocycles. The molecule has 2 aromatic heterocycles. The Labute approximate surface area is 93.2 Å². The highest BCUT2D eigenvalue weighted by atomic mass is 16.5. The molecule has 0 aromatic carbocycles. The Morgan fingerprint density at radius 1 is 1.44 bits per heavy atom. The normalized spacial score (nSPS) is 25.3. The number of aromatic nitrogens is 3. The van der Waals surface area contributed by atoms with Crippen molar-refractivity contribution in [2.24, 2.45) is 5.92 Å². The van der Waals surface area contributed by atoms with Gasteiger partial charge in [0.05, 0.1) is 0 Å². The van der Waals surface area contributed by atoms with Crippen LogP contribution in [0.15, 0.2) is 18.3 Å². The Morgan fingerprint density at radius 2 is 2.31 bits per heavy atom. The van der Waals surface area contributed by atoms with Crippen LogP contribution in [0.5, 0.6) is 0 Å². The lowest BCUT2D eigenvalue weighted by Crippen LogP contribution is -2.09. The number of hydrogen-bond acceptors (Lipinski definition) is 4. The van der Waals surface area contributed by atoms with E-state index in [4.69, 9.17) is 10.5 Å². The van der Waals surface area contributed by atoms with E-state index in [1.54, 1.807) is 0 Å². The van der Waals surface area contributed by atoms with Crippen molar-refractivity contribution < 1.29 is 4.74 Å². The van der Waals surface area contributed by atoms with Gasteiger partial charge >= 0.3 is 0 Å². The van der Waals surface area contributed by atoms with E-state index < -0.39 is 0 Å². The Kier molecular flexibility index (Phi) is 2.07. The fourth-order valence-electron chi connectivity index (χ4n) is 2.14. The predicted molar refractivity (Wildman–Crippen MR) is 59.9 cm³/mol. The molecule has 16 heavy (non-hydrogen) atoms. The number of hydrogen-bond donors (Lipinski definition) is 1. The van der Waals surface area contributed by atoms with Crippen molar-refractivity contribution in [3.8, 4) is 0 Å². The van der Waals surface area contributed by atoms with Gasteiger partial charge in [-0.3, -0.25) is 4.40 Å². The van der Waals surface area contributed by atoms with Crippen molar-refractivity contribution in [3.63, 3.8) is 0 Å². The van der Waals surface area contributed by atoms with Gasteiger partial charge in [0.25, 0.3) is 0 Å². The molecule has 3 heterocycles. The largest absolute Gasteiger partial charge is 0.398 e. The molecule has 5 heteroatoms. The predicted octanol–water partition coefficient (Wildman–Crippen LogP) is 1.41. The van der Waals surface area contributed by atoms with Crippen LogP contribution >= 0.6 is 0 Å². The van der Waals surface area contributed by atoms with E-state index in [0.717, 1.165) is 24.5 Å². The van der Waals surface area contributed by atoms with Gasteiger partial charge in [0, 0.05) is 18.5 Å². The Bertz CT molecular complexity index is 522. The first-order chi connectivity index (χ1) is 7.75. The molecule has 0 radical (unpaired) electrons. The number of fused-ring (bicyclic) bond motifs is 1. The monoisotopic (exact) mass is 218 g/mol. The van der Waals surface area contributed by atoms with Crippen LogP contribution in [0.2, 0.25) is 0 Å². The topological polar surface area (TPSA) is 65.4 Å². The Hall–Kier alpha value is -1.62. The number of pyridine rings is 1. The molecule has 1 aliphatic rings. The average Bonchev–Trinajstić information content (AvgIpc) is 2.83. The number of nitrogens with two attached hydrogens (primary N) is 1. The summed E-state index contributed by atoms with van der Waals surface area (Å²) in [5.41, 5.74) is 7.29. The number of rotatable bonds is 1. The quantitative estimate of drug-likeness (QED) is 0.786. The molecular weight excluding hydrogens is 204 g/mol. The van der Waals surface area contributed by atoms with Crippen LogP contribution in [0.25, 0.3) is 5.65 Å². The van der Waals surface area contributed by atoms with Crippen molar-refractivity contribution in [2.45, 2.75) is 19.4 Å². The van der Waals surface area contributed by atoms with Gasteiger partial charge in [-0.15, -0.1) is 10.2 Å². The molecule has 5 nitrogen and oxygen atoms in total. The number of nitrogen functional groups attached to an aromatic ring is 1. The number of ether oxygens (including phenoxy) is 1. The summed E-state index contributed by atoms with van der Waals surface area (Å²) in [6.45, 7) is 2.97. The first-order valence-electron chi connectivity index (χ1n) is 5.47. The fraction of sp³-hybridized carbons (Fsp3) is 0.455. The van der Waals surface area contributed by atoms with Crippen LogP contribution in [0.4, 0.5) is 5.69 Å². The van der Waals surface area contributed by atoms with Gasteiger partial charge in [-0.1, -0.05) is 6.92 Å². The molecule has 1 saturated heterocycles. The zero-order valence-corrected chi connectivity index (χ0v) is 9.13. The smallest absolute Gasteiger partial charge is 0.166 e. The number of anilines is 1. The molecule has 1 aliphatic heterocycles. The van der Waals surface area contributed by atoms with E-state index in [-0.39, 0.29) is 6.10 Å². The maximum Gasteiger partial charge on any atom is 0.166 e. The molecule has 0 amide bonds. The first kappa shape index (κ1) is 9.59. The third kappa shape index (κ3) is 1.36. The van der Waals surface area contributed by atoms with Crippen molar-refractivity contribution in [1.29, 1.82) is 0 Å². The lowest BCUT2D eigenvalue weighted by molar-refractivity contribution is 0.0865. The lowest BCUT2D eigenvalue weighted by Gasteiger charge is -2.12. The van der Waals surface area contributed by atoms with Crippen LogP contribution in [-0.2, 0) is 4.74 Å². The molecule has 0 saturated carbocycles. The fourth-order valence-corrected chi connectivity index (χ4v) is 2.14. The molecule has 2 atom stereocenters. The molecule has 0 spiro atoms. The molecule has 84 valence electrons. The highest BCUT2D eigenvalue weighted by molar-refractivity contribution is 5.47. The van der Waals surface area contributed by atoms with E-state index in [9.17, 15) is 0 Å². The van der Waals surface area contributed by atoms with Crippen LogP contribution < -0.4 is 5.73 Å². The summed E-state index contributed by atoms with van der Waals surface area (Å²) < 4.78 is 7.61. The van der Waals surface area contributed by atoms with Crippen molar-refractivity contribution in [3.05, 3.63) is 24.2 Å². The summed E-state index contributed by atoms with van der Waals surface area (Å²) in [5, 5.41) is 8.32.